The average molecular weight is 313 g/mol. The first kappa shape index (κ1) is 14.5. The van der Waals surface area contributed by atoms with Crippen LogP contribution >= 0.6 is 15.9 Å². The van der Waals surface area contributed by atoms with Crippen molar-refractivity contribution in [1.29, 1.82) is 0 Å². The molecule has 0 spiro atoms. The van der Waals surface area contributed by atoms with Crippen LogP contribution in [0.5, 0.6) is 0 Å². The van der Waals surface area contributed by atoms with Crippen molar-refractivity contribution in [3.05, 3.63) is 35.4 Å². The van der Waals surface area contributed by atoms with Crippen LogP contribution < -0.4 is 0 Å². The SMILES string of the molecule is OC(CCBr)C(O)c1ccccc1C(F)(F)F. The molecule has 0 aliphatic carbocycles. The van der Waals surface area contributed by atoms with Crippen LogP contribution in [-0.4, -0.2) is 21.6 Å². The van der Waals surface area contributed by atoms with Gasteiger partial charge < -0.3 is 10.2 Å². The van der Waals surface area contributed by atoms with Crippen LogP contribution in [0.15, 0.2) is 24.3 Å². The summed E-state index contributed by atoms with van der Waals surface area (Å²) in [5.74, 6) is 0. The zero-order chi connectivity index (χ0) is 13.1. The highest BCUT2D eigenvalue weighted by Gasteiger charge is 2.35. The molecule has 0 amide bonds. The summed E-state index contributed by atoms with van der Waals surface area (Å²) in [4.78, 5) is 0. The molecule has 6 heteroatoms. The molecule has 0 aromatic heterocycles. The minimum atomic E-state index is -4.54. The molecule has 0 heterocycles. The summed E-state index contributed by atoms with van der Waals surface area (Å²) >= 11 is 3.06. The Morgan fingerprint density at radius 1 is 1.18 bits per heavy atom. The Balaban J connectivity index is 3.05. The van der Waals surface area contributed by atoms with E-state index in [2.05, 4.69) is 15.9 Å². The van der Waals surface area contributed by atoms with Crippen LogP contribution in [0.3, 0.4) is 0 Å². The van der Waals surface area contributed by atoms with Gasteiger partial charge in [0.15, 0.2) is 0 Å². The molecule has 1 aromatic carbocycles. The van der Waals surface area contributed by atoms with Crippen molar-refractivity contribution in [2.45, 2.75) is 24.8 Å². The number of aliphatic hydroxyl groups is 2. The molecule has 2 nitrogen and oxygen atoms in total. The number of benzene rings is 1. The van der Waals surface area contributed by atoms with Crippen LogP contribution in [-0.2, 0) is 6.18 Å². The predicted molar refractivity (Wildman–Crippen MR) is 60.8 cm³/mol. The zero-order valence-corrected chi connectivity index (χ0v) is 10.4. The highest BCUT2D eigenvalue weighted by molar-refractivity contribution is 9.09. The van der Waals surface area contributed by atoms with Crippen LogP contribution in [0, 0.1) is 0 Å². The fourth-order valence-electron chi connectivity index (χ4n) is 1.49. The molecule has 0 saturated carbocycles. The number of alkyl halides is 4. The van der Waals surface area contributed by atoms with Crippen molar-refractivity contribution < 1.29 is 23.4 Å². The third-order valence-electron chi connectivity index (χ3n) is 2.35. The van der Waals surface area contributed by atoms with Crippen molar-refractivity contribution in [1.82, 2.24) is 0 Å². The lowest BCUT2D eigenvalue weighted by Crippen LogP contribution is -2.22. The molecular formula is C11H12BrF3O2. The van der Waals surface area contributed by atoms with E-state index >= 15 is 0 Å². The van der Waals surface area contributed by atoms with Crippen molar-refractivity contribution in [3.63, 3.8) is 0 Å². The molecule has 0 aliphatic rings. The van der Waals surface area contributed by atoms with E-state index in [4.69, 9.17) is 0 Å². The molecule has 0 aliphatic heterocycles. The lowest BCUT2D eigenvalue weighted by atomic mass is 9.97. The highest BCUT2D eigenvalue weighted by Crippen LogP contribution is 2.35. The van der Waals surface area contributed by atoms with Gasteiger partial charge in [0.1, 0.15) is 6.10 Å². The quantitative estimate of drug-likeness (QED) is 0.839. The zero-order valence-electron chi connectivity index (χ0n) is 8.78. The van der Waals surface area contributed by atoms with Gasteiger partial charge in [0.25, 0.3) is 0 Å². The third-order valence-corrected chi connectivity index (χ3v) is 2.81. The third kappa shape index (κ3) is 3.69. The standard InChI is InChI=1S/C11H12BrF3O2/c12-6-5-9(16)10(17)7-3-1-2-4-8(7)11(13,14)15/h1-4,9-10,16-17H,5-6H2. The van der Waals surface area contributed by atoms with Crippen LogP contribution in [0.25, 0.3) is 0 Å². The fourth-order valence-corrected chi connectivity index (χ4v) is 1.96. The first-order valence-electron chi connectivity index (χ1n) is 4.96. The van der Waals surface area contributed by atoms with Gasteiger partial charge in [-0.15, -0.1) is 0 Å². The second kappa shape index (κ2) is 5.84. The molecule has 0 radical (unpaired) electrons. The molecule has 2 atom stereocenters. The summed E-state index contributed by atoms with van der Waals surface area (Å²) in [5.41, 5.74) is -1.21. The molecule has 0 saturated heterocycles. The van der Waals surface area contributed by atoms with Gasteiger partial charge in [-0.1, -0.05) is 34.1 Å². The Labute approximate surface area is 105 Å². The van der Waals surface area contributed by atoms with Gasteiger partial charge in [0.2, 0.25) is 0 Å². The van der Waals surface area contributed by atoms with E-state index in [1.165, 1.54) is 18.2 Å². The maximum Gasteiger partial charge on any atom is 0.416 e. The molecule has 2 N–H and O–H groups in total. The Hall–Kier alpha value is -0.590. The predicted octanol–water partition coefficient (Wildman–Crippen LogP) is 2.88. The molecular weight excluding hydrogens is 301 g/mol. The van der Waals surface area contributed by atoms with Crippen molar-refractivity contribution in [2.24, 2.45) is 0 Å². The minimum absolute atomic E-state index is 0.174. The Morgan fingerprint density at radius 2 is 1.76 bits per heavy atom. The summed E-state index contributed by atoms with van der Waals surface area (Å²) in [6, 6.07) is 4.70. The monoisotopic (exact) mass is 312 g/mol. The number of halogens is 4. The Bertz CT molecular complexity index is 368. The Morgan fingerprint density at radius 3 is 2.29 bits per heavy atom. The molecule has 0 bridgehead atoms. The molecule has 96 valence electrons. The van der Waals surface area contributed by atoms with Crippen molar-refractivity contribution in [2.75, 3.05) is 5.33 Å². The van der Waals surface area contributed by atoms with Crippen LogP contribution in [0.4, 0.5) is 13.2 Å². The van der Waals surface area contributed by atoms with Gasteiger partial charge >= 0.3 is 6.18 Å². The average Bonchev–Trinajstić information content (AvgIpc) is 2.27. The summed E-state index contributed by atoms with van der Waals surface area (Å²) in [5, 5.41) is 19.6. The van der Waals surface area contributed by atoms with Gasteiger partial charge in [-0.25, -0.2) is 0 Å². The lowest BCUT2D eigenvalue weighted by molar-refractivity contribution is -0.139. The largest absolute Gasteiger partial charge is 0.416 e. The topological polar surface area (TPSA) is 40.5 Å². The normalized spacial score (nSPS) is 15.6. The lowest BCUT2D eigenvalue weighted by Gasteiger charge is -2.21. The number of hydrogen-bond acceptors (Lipinski definition) is 2. The maximum absolute atomic E-state index is 12.7. The van der Waals surface area contributed by atoms with E-state index in [0.717, 1.165) is 6.07 Å². The summed E-state index contributed by atoms with van der Waals surface area (Å²) in [7, 11) is 0. The Kier molecular flexibility index (Phi) is 4.97. The highest BCUT2D eigenvalue weighted by atomic mass is 79.9. The van der Waals surface area contributed by atoms with E-state index in [1.807, 2.05) is 0 Å². The van der Waals surface area contributed by atoms with E-state index < -0.39 is 23.9 Å². The van der Waals surface area contributed by atoms with Crippen molar-refractivity contribution in [3.8, 4) is 0 Å². The number of hydrogen-bond donors (Lipinski definition) is 2. The van der Waals surface area contributed by atoms with E-state index in [9.17, 15) is 23.4 Å². The van der Waals surface area contributed by atoms with Crippen LogP contribution in [0.1, 0.15) is 23.7 Å². The molecule has 0 fully saturated rings. The molecule has 17 heavy (non-hydrogen) atoms. The number of rotatable bonds is 4. The smallest absolute Gasteiger partial charge is 0.390 e. The fraction of sp³-hybridized carbons (Fsp3) is 0.455. The van der Waals surface area contributed by atoms with Gasteiger partial charge in [-0.2, -0.15) is 13.2 Å². The molecule has 2 unspecified atom stereocenters. The van der Waals surface area contributed by atoms with Gasteiger partial charge in [0.05, 0.1) is 11.7 Å². The van der Waals surface area contributed by atoms with Crippen molar-refractivity contribution >= 4 is 15.9 Å². The molecule has 1 aromatic rings. The summed E-state index contributed by atoms with van der Waals surface area (Å²) < 4.78 is 38.0. The second-order valence-electron chi connectivity index (χ2n) is 3.57. The summed E-state index contributed by atoms with van der Waals surface area (Å²) in [6.07, 6.45) is -7.12. The van der Waals surface area contributed by atoms with E-state index in [1.54, 1.807) is 0 Å². The minimum Gasteiger partial charge on any atom is -0.390 e. The van der Waals surface area contributed by atoms with Gasteiger partial charge in [-0.3, -0.25) is 0 Å². The second-order valence-corrected chi connectivity index (χ2v) is 4.37. The van der Waals surface area contributed by atoms with Gasteiger partial charge in [0, 0.05) is 5.33 Å². The van der Waals surface area contributed by atoms with E-state index in [-0.39, 0.29) is 12.0 Å². The number of aliphatic hydroxyl groups excluding tert-OH is 2. The van der Waals surface area contributed by atoms with Crippen LogP contribution in [0.2, 0.25) is 0 Å². The maximum atomic E-state index is 12.7. The summed E-state index contributed by atoms with van der Waals surface area (Å²) in [6.45, 7) is 0. The first-order chi connectivity index (χ1) is 7.88. The van der Waals surface area contributed by atoms with Gasteiger partial charge in [-0.05, 0) is 18.1 Å². The first-order valence-corrected chi connectivity index (χ1v) is 6.08. The molecule has 1 rings (SSSR count). The van der Waals surface area contributed by atoms with E-state index in [0.29, 0.717) is 5.33 Å².